The second-order valence-corrected chi connectivity index (χ2v) is 3.17. The van der Waals surface area contributed by atoms with Crippen LogP contribution in [0.1, 0.15) is 11.7 Å². The van der Waals surface area contributed by atoms with Gasteiger partial charge < -0.3 is 15.2 Å². The van der Waals surface area contributed by atoms with Crippen LogP contribution in [0.3, 0.4) is 0 Å². The minimum atomic E-state index is -1.64. The number of benzene rings is 1. The van der Waals surface area contributed by atoms with Gasteiger partial charge in [0.05, 0.1) is 0 Å². The summed E-state index contributed by atoms with van der Waals surface area (Å²) in [6.07, 6.45) is -0.274. The highest BCUT2D eigenvalue weighted by Gasteiger charge is 2.19. The number of nitrogens with one attached hydrogen (secondary N) is 1. The fourth-order valence-electron chi connectivity index (χ4n) is 1.47. The van der Waals surface area contributed by atoms with Crippen molar-refractivity contribution < 1.29 is 19.4 Å². The number of carboxylic acids is 1. The van der Waals surface area contributed by atoms with E-state index in [1.165, 1.54) is 24.4 Å². The Kier molecular flexibility index (Phi) is 2.17. The Balaban J connectivity index is 2.61. The van der Waals surface area contributed by atoms with Gasteiger partial charge in [0.15, 0.2) is 6.10 Å². The van der Waals surface area contributed by atoms with Crippen molar-refractivity contribution in [3.63, 3.8) is 0 Å². The average Bonchev–Trinajstić information content (AvgIpc) is 2.59. The van der Waals surface area contributed by atoms with Crippen LogP contribution >= 0.6 is 0 Å². The number of halogens is 1. The molecule has 1 atom stereocenters. The maximum atomic E-state index is 12.9. The number of rotatable bonds is 2. The summed E-state index contributed by atoms with van der Waals surface area (Å²) < 4.78 is 12.9. The van der Waals surface area contributed by atoms with Crippen LogP contribution in [0, 0.1) is 5.82 Å². The van der Waals surface area contributed by atoms with Crippen LogP contribution in [0.2, 0.25) is 0 Å². The molecule has 2 rings (SSSR count). The highest BCUT2D eigenvalue weighted by atomic mass is 19.1. The van der Waals surface area contributed by atoms with Crippen LogP contribution in [0.25, 0.3) is 10.9 Å². The Morgan fingerprint density at radius 1 is 1.47 bits per heavy atom. The van der Waals surface area contributed by atoms with E-state index in [1.54, 1.807) is 0 Å². The molecule has 1 aromatic carbocycles. The van der Waals surface area contributed by atoms with Crippen LogP contribution in [0.4, 0.5) is 4.39 Å². The standard InChI is InChI=1S/C10H8FNO3/c11-5-1-2-8-6(3-5)7(4-12-8)9(13)10(14)15/h1-4,9,12-13H,(H,14,15). The van der Waals surface area contributed by atoms with E-state index in [-0.39, 0.29) is 5.56 Å². The first-order valence-electron chi connectivity index (χ1n) is 4.27. The van der Waals surface area contributed by atoms with Crippen molar-refractivity contribution in [1.29, 1.82) is 0 Å². The number of aliphatic carboxylic acids is 1. The third kappa shape index (κ3) is 1.57. The Morgan fingerprint density at radius 3 is 2.87 bits per heavy atom. The molecule has 0 spiro atoms. The van der Waals surface area contributed by atoms with E-state index in [0.29, 0.717) is 10.9 Å². The maximum absolute atomic E-state index is 12.9. The largest absolute Gasteiger partial charge is 0.479 e. The zero-order valence-corrected chi connectivity index (χ0v) is 7.57. The van der Waals surface area contributed by atoms with E-state index in [0.717, 1.165) is 0 Å². The van der Waals surface area contributed by atoms with Gasteiger partial charge in [-0.25, -0.2) is 9.18 Å². The molecule has 0 saturated carbocycles. The highest BCUT2D eigenvalue weighted by Crippen LogP contribution is 2.24. The summed E-state index contributed by atoms with van der Waals surface area (Å²) in [5.41, 5.74) is 0.753. The van der Waals surface area contributed by atoms with Gasteiger partial charge in [0.25, 0.3) is 0 Å². The molecule has 0 saturated heterocycles. The maximum Gasteiger partial charge on any atom is 0.337 e. The van der Waals surface area contributed by atoms with Gasteiger partial charge in [0.2, 0.25) is 0 Å². The van der Waals surface area contributed by atoms with E-state index < -0.39 is 17.9 Å². The number of aliphatic hydroxyl groups excluding tert-OH is 1. The zero-order valence-electron chi connectivity index (χ0n) is 7.57. The van der Waals surface area contributed by atoms with E-state index in [4.69, 9.17) is 5.11 Å². The summed E-state index contributed by atoms with van der Waals surface area (Å²) >= 11 is 0. The van der Waals surface area contributed by atoms with Gasteiger partial charge in [-0.15, -0.1) is 0 Å². The number of carbonyl (C=O) groups is 1. The van der Waals surface area contributed by atoms with Crippen molar-refractivity contribution in [2.75, 3.05) is 0 Å². The third-order valence-corrected chi connectivity index (χ3v) is 2.20. The SMILES string of the molecule is O=C(O)C(O)c1c[nH]c2ccc(F)cc12. The lowest BCUT2D eigenvalue weighted by Crippen LogP contribution is -2.09. The molecule has 4 nitrogen and oxygen atoms in total. The molecule has 5 heteroatoms. The Morgan fingerprint density at radius 2 is 2.20 bits per heavy atom. The molecule has 0 aliphatic heterocycles. The smallest absolute Gasteiger partial charge is 0.337 e. The molecule has 15 heavy (non-hydrogen) atoms. The van der Waals surface area contributed by atoms with Crippen LogP contribution in [-0.4, -0.2) is 21.2 Å². The molecule has 78 valence electrons. The number of hydrogen-bond acceptors (Lipinski definition) is 2. The number of aromatic nitrogens is 1. The highest BCUT2D eigenvalue weighted by molar-refractivity contribution is 5.88. The quantitative estimate of drug-likeness (QED) is 0.700. The molecule has 0 radical (unpaired) electrons. The van der Waals surface area contributed by atoms with Crippen molar-refractivity contribution >= 4 is 16.9 Å². The van der Waals surface area contributed by atoms with Crippen LogP contribution in [-0.2, 0) is 4.79 Å². The fourth-order valence-corrected chi connectivity index (χ4v) is 1.47. The lowest BCUT2D eigenvalue weighted by atomic mass is 10.1. The summed E-state index contributed by atoms with van der Waals surface area (Å²) in [4.78, 5) is 13.3. The first kappa shape index (κ1) is 9.67. The molecule has 1 heterocycles. The Labute approximate surface area is 84.0 Å². The topological polar surface area (TPSA) is 73.3 Å². The zero-order chi connectivity index (χ0) is 11.0. The number of carboxylic acid groups (broad SMARTS) is 1. The molecule has 0 aliphatic carbocycles. The molecular formula is C10H8FNO3. The molecule has 1 aromatic heterocycles. The molecule has 0 amide bonds. The number of hydrogen-bond donors (Lipinski definition) is 3. The van der Waals surface area contributed by atoms with Gasteiger partial charge >= 0.3 is 5.97 Å². The number of aliphatic hydroxyl groups is 1. The van der Waals surface area contributed by atoms with Crippen molar-refractivity contribution in [1.82, 2.24) is 4.98 Å². The molecule has 0 aliphatic rings. The molecule has 0 bridgehead atoms. The number of aromatic amines is 1. The average molecular weight is 209 g/mol. The predicted octanol–water partition coefficient (Wildman–Crippen LogP) is 1.43. The second kappa shape index (κ2) is 3.36. The molecule has 2 aromatic rings. The number of H-pyrrole nitrogens is 1. The van der Waals surface area contributed by atoms with Crippen LogP contribution < -0.4 is 0 Å². The summed E-state index contributed by atoms with van der Waals surface area (Å²) in [7, 11) is 0. The first-order valence-corrected chi connectivity index (χ1v) is 4.27. The lowest BCUT2D eigenvalue weighted by Gasteiger charge is -2.02. The molecule has 3 N–H and O–H groups in total. The predicted molar refractivity (Wildman–Crippen MR) is 50.9 cm³/mol. The van der Waals surface area contributed by atoms with Crippen molar-refractivity contribution in [3.05, 3.63) is 35.8 Å². The van der Waals surface area contributed by atoms with E-state index in [2.05, 4.69) is 4.98 Å². The lowest BCUT2D eigenvalue weighted by molar-refractivity contribution is -0.146. The normalized spacial score (nSPS) is 12.9. The van der Waals surface area contributed by atoms with Crippen molar-refractivity contribution in [2.24, 2.45) is 0 Å². The minimum Gasteiger partial charge on any atom is -0.479 e. The monoisotopic (exact) mass is 209 g/mol. The van der Waals surface area contributed by atoms with Gasteiger partial charge in [-0.2, -0.15) is 0 Å². The molecule has 0 fully saturated rings. The van der Waals surface area contributed by atoms with Gasteiger partial charge in [0, 0.05) is 22.7 Å². The summed E-state index contributed by atoms with van der Waals surface area (Å²) in [6, 6.07) is 3.94. The van der Waals surface area contributed by atoms with Gasteiger partial charge in [0.1, 0.15) is 5.82 Å². The minimum absolute atomic E-state index is 0.164. The van der Waals surface area contributed by atoms with Gasteiger partial charge in [-0.1, -0.05) is 0 Å². The third-order valence-electron chi connectivity index (χ3n) is 2.20. The van der Waals surface area contributed by atoms with E-state index in [9.17, 15) is 14.3 Å². The summed E-state index contributed by atoms with van der Waals surface area (Å²) in [5.74, 6) is -1.83. The van der Waals surface area contributed by atoms with Gasteiger partial charge in [-0.3, -0.25) is 0 Å². The summed E-state index contributed by atoms with van der Waals surface area (Å²) in [6.45, 7) is 0. The van der Waals surface area contributed by atoms with Crippen molar-refractivity contribution in [2.45, 2.75) is 6.10 Å². The molecule has 1 unspecified atom stereocenters. The second-order valence-electron chi connectivity index (χ2n) is 3.17. The van der Waals surface area contributed by atoms with Crippen LogP contribution in [0.15, 0.2) is 24.4 Å². The van der Waals surface area contributed by atoms with E-state index in [1.807, 2.05) is 0 Å². The Bertz CT molecular complexity index is 520. The molecular weight excluding hydrogens is 201 g/mol. The van der Waals surface area contributed by atoms with Crippen molar-refractivity contribution in [3.8, 4) is 0 Å². The van der Waals surface area contributed by atoms with E-state index >= 15 is 0 Å². The summed E-state index contributed by atoms with van der Waals surface area (Å²) in [5, 5.41) is 18.3. The fraction of sp³-hybridized carbons (Fsp3) is 0.100. The first-order chi connectivity index (χ1) is 7.09. The number of fused-ring (bicyclic) bond motifs is 1. The van der Waals surface area contributed by atoms with Gasteiger partial charge in [-0.05, 0) is 18.2 Å². The Hall–Kier alpha value is -1.88. The van der Waals surface area contributed by atoms with Crippen LogP contribution in [0.5, 0.6) is 0 Å².